The van der Waals surface area contributed by atoms with Crippen molar-refractivity contribution in [3.8, 4) is 0 Å². The first-order valence-corrected chi connectivity index (χ1v) is 5.51. The molecule has 2 N–H and O–H groups in total. The van der Waals surface area contributed by atoms with Crippen LogP contribution in [0.5, 0.6) is 0 Å². The number of halogens is 3. The molecule has 5 heteroatoms. The van der Waals surface area contributed by atoms with Gasteiger partial charge in [0.15, 0.2) is 0 Å². The lowest BCUT2D eigenvalue weighted by molar-refractivity contribution is -0.134. The molecule has 0 saturated heterocycles. The third kappa shape index (κ3) is 5.57. The van der Waals surface area contributed by atoms with E-state index in [2.05, 4.69) is 0 Å². The van der Waals surface area contributed by atoms with Gasteiger partial charge in [-0.2, -0.15) is 13.2 Å². The van der Waals surface area contributed by atoms with Crippen molar-refractivity contribution in [2.75, 3.05) is 11.5 Å². The number of nitrogens with two attached hydrogens (primary N) is 1. The van der Waals surface area contributed by atoms with Crippen LogP contribution in [0, 0.1) is 0 Å². The van der Waals surface area contributed by atoms with E-state index in [-0.39, 0.29) is 6.42 Å². The molecule has 0 fully saturated rings. The van der Waals surface area contributed by atoms with Crippen molar-refractivity contribution in [3.63, 3.8) is 0 Å². The number of benzene rings is 1. The Balaban J connectivity index is 2.26. The monoisotopic (exact) mass is 235 g/mol. The summed E-state index contributed by atoms with van der Waals surface area (Å²) in [5, 5.41) is 0. The highest BCUT2D eigenvalue weighted by Crippen LogP contribution is 2.25. The predicted molar refractivity (Wildman–Crippen MR) is 56.9 cm³/mol. The molecule has 84 valence electrons. The van der Waals surface area contributed by atoms with Crippen molar-refractivity contribution in [1.82, 2.24) is 0 Å². The molecule has 0 amide bonds. The van der Waals surface area contributed by atoms with Crippen LogP contribution in [0.3, 0.4) is 0 Å². The van der Waals surface area contributed by atoms with Gasteiger partial charge in [0.2, 0.25) is 0 Å². The Morgan fingerprint density at radius 1 is 1.27 bits per heavy atom. The van der Waals surface area contributed by atoms with Crippen molar-refractivity contribution in [2.24, 2.45) is 0 Å². The molecular formula is C10H12F3NS. The zero-order valence-corrected chi connectivity index (χ0v) is 8.87. The van der Waals surface area contributed by atoms with Crippen LogP contribution in [-0.4, -0.2) is 11.9 Å². The van der Waals surface area contributed by atoms with Crippen LogP contribution < -0.4 is 5.73 Å². The molecule has 0 aliphatic carbocycles. The van der Waals surface area contributed by atoms with E-state index in [9.17, 15) is 13.2 Å². The van der Waals surface area contributed by atoms with Gasteiger partial charge in [-0.05, 0) is 30.4 Å². The first-order valence-electron chi connectivity index (χ1n) is 4.52. The fourth-order valence-electron chi connectivity index (χ4n) is 1.07. The Morgan fingerprint density at radius 2 is 2.00 bits per heavy atom. The smallest absolute Gasteiger partial charge is 0.389 e. The summed E-state index contributed by atoms with van der Waals surface area (Å²) in [5.41, 5.74) is 6.17. The van der Waals surface area contributed by atoms with Gasteiger partial charge in [-0.25, -0.2) is 0 Å². The zero-order valence-electron chi connectivity index (χ0n) is 8.05. The third-order valence-electron chi connectivity index (χ3n) is 1.73. The van der Waals surface area contributed by atoms with Gasteiger partial charge >= 0.3 is 6.18 Å². The number of anilines is 1. The van der Waals surface area contributed by atoms with Crippen LogP contribution >= 0.6 is 11.8 Å². The summed E-state index contributed by atoms with van der Waals surface area (Å²) in [6.07, 6.45) is -4.62. The highest BCUT2D eigenvalue weighted by atomic mass is 32.2. The van der Waals surface area contributed by atoms with Gasteiger partial charge in [-0.15, -0.1) is 11.8 Å². The van der Waals surface area contributed by atoms with E-state index >= 15 is 0 Å². The minimum absolute atomic E-state index is 0.142. The van der Waals surface area contributed by atoms with E-state index in [1.54, 1.807) is 18.2 Å². The molecule has 1 rings (SSSR count). The Bertz CT molecular complexity index is 312. The standard InChI is InChI=1S/C10H12F3NS/c11-10(12,13)5-2-6-15-9-4-1-3-8(14)7-9/h1,3-4,7H,2,5-6,14H2. The Labute approximate surface area is 90.9 Å². The Kier molecular flexibility index (Phi) is 4.32. The minimum Gasteiger partial charge on any atom is -0.399 e. The van der Waals surface area contributed by atoms with Gasteiger partial charge in [0.05, 0.1) is 0 Å². The second kappa shape index (κ2) is 5.30. The van der Waals surface area contributed by atoms with E-state index in [1.807, 2.05) is 6.07 Å². The van der Waals surface area contributed by atoms with Crippen molar-refractivity contribution >= 4 is 17.4 Å². The molecule has 0 aliphatic heterocycles. The molecule has 0 heterocycles. The Hall–Kier alpha value is -0.840. The molecule has 1 aromatic carbocycles. The molecule has 0 aromatic heterocycles. The summed E-state index contributed by atoms with van der Waals surface area (Å²) >= 11 is 1.40. The minimum atomic E-state index is -4.05. The van der Waals surface area contributed by atoms with Crippen molar-refractivity contribution in [3.05, 3.63) is 24.3 Å². The maximum absolute atomic E-state index is 11.8. The van der Waals surface area contributed by atoms with Gasteiger partial charge in [0.1, 0.15) is 0 Å². The highest BCUT2D eigenvalue weighted by molar-refractivity contribution is 7.99. The quantitative estimate of drug-likeness (QED) is 0.489. The molecule has 0 saturated carbocycles. The lowest BCUT2D eigenvalue weighted by Crippen LogP contribution is -2.06. The van der Waals surface area contributed by atoms with Crippen LogP contribution in [-0.2, 0) is 0 Å². The summed E-state index contributed by atoms with van der Waals surface area (Å²) in [6.45, 7) is 0. The number of rotatable bonds is 4. The third-order valence-corrected chi connectivity index (χ3v) is 2.81. The fraction of sp³-hybridized carbons (Fsp3) is 0.400. The SMILES string of the molecule is Nc1cccc(SCCCC(F)(F)F)c1. The number of thioether (sulfide) groups is 1. The second-order valence-corrected chi connectivity index (χ2v) is 4.31. The number of hydrogen-bond donors (Lipinski definition) is 1. The molecule has 0 aliphatic rings. The summed E-state index contributed by atoms with van der Waals surface area (Å²) in [5.74, 6) is 0.461. The summed E-state index contributed by atoms with van der Waals surface area (Å²) in [6, 6.07) is 7.15. The number of nitrogen functional groups attached to an aromatic ring is 1. The van der Waals surface area contributed by atoms with Crippen molar-refractivity contribution in [2.45, 2.75) is 23.9 Å². The van der Waals surface area contributed by atoms with E-state index in [0.717, 1.165) is 4.90 Å². The van der Waals surface area contributed by atoms with E-state index in [0.29, 0.717) is 11.4 Å². The van der Waals surface area contributed by atoms with Crippen molar-refractivity contribution < 1.29 is 13.2 Å². The molecule has 0 unspecified atom stereocenters. The molecule has 1 aromatic rings. The van der Waals surface area contributed by atoms with Gasteiger partial charge in [0.25, 0.3) is 0 Å². The van der Waals surface area contributed by atoms with Crippen LogP contribution in [0.25, 0.3) is 0 Å². The lowest BCUT2D eigenvalue weighted by atomic mass is 10.3. The molecule has 15 heavy (non-hydrogen) atoms. The average molecular weight is 235 g/mol. The van der Waals surface area contributed by atoms with Gasteiger partial charge in [-0.1, -0.05) is 6.07 Å². The molecule has 0 atom stereocenters. The highest BCUT2D eigenvalue weighted by Gasteiger charge is 2.25. The van der Waals surface area contributed by atoms with Crippen LogP contribution in [0.4, 0.5) is 18.9 Å². The van der Waals surface area contributed by atoms with Crippen molar-refractivity contribution in [1.29, 1.82) is 0 Å². The van der Waals surface area contributed by atoms with E-state index in [4.69, 9.17) is 5.73 Å². The molecular weight excluding hydrogens is 223 g/mol. The summed E-state index contributed by atoms with van der Waals surface area (Å²) < 4.78 is 35.4. The Morgan fingerprint density at radius 3 is 2.60 bits per heavy atom. The van der Waals surface area contributed by atoms with E-state index < -0.39 is 12.6 Å². The predicted octanol–water partition coefficient (Wildman–Crippen LogP) is 3.70. The zero-order chi connectivity index (χ0) is 11.3. The normalized spacial score (nSPS) is 11.7. The fourth-order valence-corrected chi connectivity index (χ4v) is 1.99. The maximum Gasteiger partial charge on any atom is 0.389 e. The molecule has 0 radical (unpaired) electrons. The summed E-state index contributed by atoms with van der Waals surface area (Å²) in [7, 11) is 0. The first kappa shape index (κ1) is 12.2. The second-order valence-electron chi connectivity index (χ2n) is 3.14. The van der Waals surface area contributed by atoms with Gasteiger partial charge < -0.3 is 5.73 Å². The first-order chi connectivity index (χ1) is 6.97. The summed E-state index contributed by atoms with van der Waals surface area (Å²) in [4.78, 5) is 0.914. The van der Waals surface area contributed by atoms with Gasteiger partial charge in [-0.3, -0.25) is 0 Å². The lowest BCUT2D eigenvalue weighted by Gasteiger charge is -2.05. The molecule has 0 spiro atoms. The average Bonchev–Trinajstić information content (AvgIpc) is 2.11. The number of hydrogen-bond acceptors (Lipinski definition) is 2. The van der Waals surface area contributed by atoms with Gasteiger partial charge in [0, 0.05) is 17.0 Å². The molecule has 1 nitrogen and oxygen atoms in total. The van der Waals surface area contributed by atoms with Crippen LogP contribution in [0.2, 0.25) is 0 Å². The van der Waals surface area contributed by atoms with E-state index in [1.165, 1.54) is 11.8 Å². The topological polar surface area (TPSA) is 26.0 Å². The van der Waals surface area contributed by atoms with Crippen LogP contribution in [0.15, 0.2) is 29.2 Å². The van der Waals surface area contributed by atoms with Crippen LogP contribution in [0.1, 0.15) is 12.8 Å². The number of alkyl halides is 3. The largest absolute Gasteiger partial charge is 0.399 e. The molecule has 0 bridgehead atoms. The maximum atomic E-state index is 11.8.